The van der Waals surface area contributed by atoms with Crippen molar-refractivity contribution in [2.45, 2.75) is 26.2 Å². The molecule has 2 aromatic rings. The highest BCUT2D eigenvalue weighted by atomic mass is 32.1. The van der Waals surface area contributed by atoms with Crippen molar-refractivity contribution in [1.82, 2.24) is 4.98 Å². The molecule has 1 aromatic heterocycles. The first-order chi connectivity index (χ1) is 9.19. The van der Waals surface area contributed by atoms with Crippen molar-refractivity contribution in [3.63, 3.8) is 0 Å². The molecule has 0 saturated carbocycles. The number of rotatable bonds is 6. The molecule has 4 heteroatoms. The summed E-state index contributed by atoms with van der Waals surface area (Å²) in [5.74, 6) is 0.217. The van der Waals surface area contributed by atoms with Crippen LogP contribution >= 0.6 is 11.3 Å². The summed E-state index contributed by atoms with van der Waals surface area (Å²) in [6.07, 6.45) is 2.87. The second-order valence-electron chi connectivity index (χ2n) is 4.84. The van der Waals surface area contributed by atoms with Gasteiger partial charge in [-0.1, -0.05) is 12.1 Å². The molecule has 0 amide bonds. The monoisotopic (exact) mass is 278 g/mol. The zero-order chi connectivity index (χ0) is 13.7. The van der Waals surface area contributed by atoms with Crippen LogP contribution in [0.1, 0.15) is 22.6 Å². The fourth-order valence-corrected chi connectivity index (χ4v) is 3.00. The molecule has 0 bridgehead atoms. The van der Waals surface area contributed by atoms with Gasteiger partial charge in [-0.2, -0.15) is 0 Å². The van der Waals surface area contributed by atoms with Crippen LogP contribution in [-0.4, -0.2) is 11.5 Å². The Labute approximate surface area is 117 Å². The van der Waals surface area contributed by atoms with Gasteiger partial charge in [-0.3, -0.25) is 0 Å². The third-order valence-electron chi connectivity index (χ3n) is 3.37. The van der Waals surface area contributed by atoms with Gasteiger partial charge in [0, 0.05) is 4.88 Å². The van der Waals surface area contributed by atoms with Crippen molar-refractivity contribution in [1.29, 1.82) is 0 Å². The van der Waals surface area contributed by atoms with E-state index in [0.29, 0.717) is 12.5 Å². The van der Waals surface area contributed by atoms with Crippen molar-refractivity contribution in [3.05, 3.63) is 51.7 Å². The summed E-state index contributed by atoms with van der Waals surface area (Å²) in [4.78, 5) is 5.58. The maximum absolute atomic E-state index is 13.1. The Hall–Kier alpha value is -1.26. The molecule has 1 aromatic carbocycles. The number of benzene rings is 1. The molecule has 1 unspecified atom stereocenters. The maximum Gasteiger partial charge on any atom is 0.123 e. The van der Waals surface area contributed by atoms with E-state index in [1.165, 1.54) is 10.9 Å². The Kier molecular flexibility index (Phi) is 5.05. The summed E-state index contributed by atoms with van der Waals surface area (Å²) in [6.45, 7) is 2.67. The molecule has 102 valence electrons. The standard InChI is InChI=1S/C15H19FN2S/c1-11-15(19-10-18-11)6-5-13(9-17)7-12-3-2-4-14(16)8-12/h2-4,8,10,13H,5-7,9,17H2,1H3. The van der Waals surface area contributed by atoms with Crippen LogP contribution in [0, 0.1) is 18.7 Å². The predicted molar refractivity (Wildman–Crippen MR) is 77.8 cm³/mol. The van der Waals surface area contributed by atoms with Crippen molar-refractivity contribution in [3.8, 4) is 0 Å². The van der Waals surface area contributed by atoms with E-state index < -0.39 is 0 Å². The minimum atomic E-state index is -0.174. The number of hydrogen-bond acceptors (Lipinski definition) is 3. The zero-order valence-electron chi connectivity index (χ0n) is 11.1. The van der Waals surface area contributed by atoms with E-state index in [9.17, 15) is 4.39 Å². The topological polar surface area (TPSA) is 38.9 Å². The highest BCUT2D eigenvalue weighted by molar-refractivity contribution is 7.09. The SMILES string of the molecule is Cc1ncsc1CCC(CN)Cc1cccc(F)c1. The number of nitrogens with two attached hydrogens (primary N) is 1. The first-order valence-electron chi connectivity index (χ1n) is 6.52. The highest BCUT2D eigenvalue weighted by Crippen LogP contribution is 2.19. The van der Waals surface area contributed by atoms with Crippen LogP contribution in [0.2, 0.25) is 0 Å². The number of thiazole rings is 1. The second kappa shape index (κ2) is 6.78. The lowest BCUT2D eigenvalue weighted by Gasteiger charge is -2.14. The fraction of sp³-hybridized carbons (Fsp3) is 0.400. The van der Waals surface area contributed by atoms with E-state index in [1.54, 1.807) is 23.5 Å². The van der Waals surface area contributed by atoms with Gasteiger partial charge in [-0.15, -0.1) is 11.3 Å². The third-order valence-corrected chi connectivity index (χ3v) is 4.37. The number of nitrogens with zero attached hydrogens (tertiary/aromatic N) is 1. The van der Waals surface area contributed by atoms with Gasteiger partial charge in [0.05, 0.1) is 11.2 Å². The van der Waals surface area contributed by atoms with Crippen LogP contribution in [0.4, 0.5) is 4.39 Å². The summed E-state index contributed by atoms with van der Waals surface area (Å²) in [5, 5.41) is 0. The smallest absolute Gasteiger partial charge is 0.123 e. The highest BCUT2D eigenvalue weighted by Gasteiger charge is 2.10. The molecule has 2 N–H and O–H groups in total. The average Bonchev–Trinajstić information content (AvgIpc) is 2.80. The normalized spacial score (nSPS) is 12.6. The largest absolute Gasteiger partial charge is 0.330 e. The van der Waals surface area contributed by atoms with Crippen LogP contribution in [0.5, 0.6) is 0 Å². The van der Waals surface area contributed by atoms with Gasteiger partial charge in [0.2, 0.25) is 0 Å². The molecule has 0 aliphatic carbocycles. The molecule has 2 rings (SSSR count). The number of hydrogen-bond donors (Lipinski definition) is 1. The van der Waals surface area contributed by atoms with Crippen LogP contribution in [0.25, 0.3) is 0 Å². The molecule has 0 saturated heterocycles. The third kappa shape index (κ3) is 4.11. The quantitative estimate of drug-likeness (QED) is 0.880. The van der Waals surface area contributed by atoms with Crippen molar-refractivity contribution in [2.24, 2.45) is 11.7 Å². The van der Waals surface area contributed by atoms with Crippen LogP contribution in [0.15, 0.2) is 29.8 Å². The lowest BCUT2D eigenvalue weighted by atomic mass is 9.94. The van der Waals surface area contributed by atoms with Crippen LogP contribution in [-0.2, 0) is 12.8 Å². The maximum atomic E-state index is 13.1. The summed E-state index contributed by atoms with van der Waals surface area (Å²) < 4.78 is 13.1. The number of halogens is 1. The second-order valence-corrected chi connectivity index (χ2v) is 5.77. The van der Waals surface area contributed by atoms with Crippen molar-refractivity contribution < 1.29 is 4.39 Å². The Morgan fingerprint density at radius 1 is 1.42 bits per heavy atom. The lowest BCUT2D eigenvalue weighted by molar-refractivity contribution is 0.493. The summed E-state index contributed by atoms with van der Waals surface area (Å²) in [6, 6.07) is 6.79. The van der Waals surface area contributed by atoms with Gasteiger partial charge in [0.1, 0.15) is 5.82 Å². The molecule has 1 heterocycles. The molecule has 0 fully saturated rings. The van der Waals surface area contributed by atoms with E-state index >= 15 is 0 Å². The molecule has 0 aliphatic heterocycles. The zero-order valence-corrected chi connectivity index (χ0v) is 11.9. The molecule has 2 nitrogen and oxygen atoms in total. The Morgan fingerprint density at radius 2 is 2.26 bits per heavy atom. The fourth-order valence-electron chi connectivity index (χ4n) is 2.20. The van der Waals surface area contributed by atoms with Gasteiger partial charge < -0.3 is 5.73 Å². The predicted octanol–water partition coefficient (Wildman–Crippen LogP) is 3.34. The summed E-state index contributed by atoms with van der Waals surface area (Å²) >= 11 is 1.70. The van der Waals surface area contributed by atoms with Crippen molar-refractivity contribution >= 4 is 11.3 Å². The lowest BCUT2D eigenvalue weighted by Crippen LogP contribution is -2.17. The van der Waals surface area contributed by atoms with E-state index in [4.69, 9.17) is 5.73 Å². The Bertz CT molecular complexity index is 524. The molecule has 0 aliphatic rings. The van der Waals surface area contributed by atoms with E-state index in [0.717, 1.165) is 30.5 Å². The molecular formula is C15H19FN2S. The summed E-state index contributed by atoms with van der Waals surface area (Å²) in [7, 11) is 0. The van der Waals surface area contributed by atoms with Gasteiger partial charge in [0.15, 0.2) is 0 Å². The van der Waals surface area contributed by atoms with E-state index in [1.807, 2.05) is 18.5 Å². The van der Waals surface area contributed by atoms with Crippen LogP contribution < -0.4 is 5.73 Å². The average molecular weight is 278 g/mol. The number of aryl methyl sites for hydroxylation is 2. The number of aromatic nitrogens is 1. The van der Waals surface area contributed by atoms with Crippen LogP contribution in [0.3, 0.4) is 0 Å². The van der Waals surface area contributed by atoms with E-state index in [-0.39, 0.29) is 5.82 Å². The molecule has 1 atom stereocenters. The molecule has 0 spiro atoms. The van der Waals surface area contributed by atoms with Crippen molar-refractivity contribution in [2.75, 3.05) is 6.54 Å². The van der Waals surface area contributed by atoms with Gasteiger partial charge >= 0.3 is 0 Å². The van der Waals surface area contributed by atoms with Gasteiger partial charge in [-0.05, 0) is 56.3 Å². The molecular weight excluding hydrogens is 259 g/mol. The minimum Gasteiger partial charge on any atom is -0.330 e. The van der Waals surface area contributed by atoms with E-state index in [2.05, 4.69) is 4.98 Å². The Balaban J connectivity index is 1.92. The molecule has 19 heavy (non-hydrogen) atoms. The summed E-state index contributed by atoms with van der Waals surface area (Å²) in [5.41, 5.74) is 9.86. The van der Waals surface area contributed by atoms with Gasteiger partial charge in [0.25, 0.3) is 0 Å². The minimum absolute atomic E-state index is 0.174. The molecule has 0 radical (unpaired) electrons. The van der Waals surface area contributed by atoms with Gasteiger partial charge in [-0.25, -0.2) is 9.37 Å². The Morgan fingerprint density at radius 3 is 2.89 bits per heavy atom. The first-order valence-corrected chi connectivity index (χ1v) is 7.40. The first kappa shape index (κ1) is 14.2.